The Morgan fingerprint density at radius 1 is 0.399 bits per heavy atom. The first-order valence-corrected chi connectivity index (χ1v) is 46.7. The molecule has 714 valence electrons. The Morgan fingerprint density at radius 3 is 0.891 bits per heavy atom. The average molecular weight is 2090 g/mol. The summed E-state index contributed by atoms with van der Waals surface area (Å²) in [5, 5.41) is 28.9. The second-order valence-corrected chi connectivity index (χ2v) is 38.0. The first-order chi connectivity index (χ1) is 65.2. The number of carbonyl (C=O) groups is 3. The number of pyridine rings is 9. The highest BCUT2D eigenvalue weighted by Crippen LogP contribution is 2.52. The van der Waals surface area contributed by atoms with Crippen LogP contribution in [0.5, 0.6) is 0 Å². The van der Waals surface area contributed by atoms with Gasteiger partial charge >= 0.3 is 0 Å². The molecular weight excluding hydrogens is 2010 g/mol. The number of aromatic nitrogens is 9. The Labute approximate surface area is 843 Å². The van der Waals surface area contributed by atoms with Gasteiger partial charge in [0.15, 0.2) is 23.3 Å². The Kier molecular flexibility index (Phi) is 30.9. The van der Waals surface area contributed by atoms with Crippen LogP contribution in [0, 0.1) is 78.0 Å². The third-order valence-electron chi connectivity index (χ3n) is 24.2. The van der Waals surface area contributed by atoms with E-state index < -0.39 is 77.1 Å². The van der Waals surface area contributed by atoms with Crippen molar-refractivity contribution in [3.63, 3.8) is 0 Å². The van der Waals surface area contributed by atoms with E-state index in [4.69, 9.17) is 160 Å². The summed E-state index contributed by atoms with van der Waals surface area (Å²) in [6, 6.07) is 15.2. The van der Waals surface area contributed by atoms with E-state index >= 15 is 8.78 Å². The van der Waals surface area contributed by atoms with Crippen LogP contribution in [-0.4, -0.2) is 153 Å². The number of halogens is 15. The number of anilines is 6. The SMILES string of the molecule is C=CC(=O)N1CCN(c2c(C#N)c(=O)n(-c3c(C)ccnc3C(C)C)c3nc(-c4c(N)c(F)c(Cl)c(Cl)c4Cl)c(Cl)cc23)C[C@H]1C.C=CC(=O)N1CCN(c2c(C#N)c(=O)n(-c3c(C)ccnc3C(C)C)c3nc(-c4c(N)c(F)c(Cl)c(Cl)c4Cl)c(Cl)cc23)C[C@H]1C.C=CC(=O)N1CCN(c2c(C#N)c(=O)n(-c3c(C)ccnc3C(C)C)c3nc(-c4c(N)c(F)c(Cl)c(F)c4Cl)c(Cl)cc23)C[C@H]1C. The fraction of sp³-hybridized carbons (Fsp3) is 0.281. The summed E-state index contributed by atoms with van der Waals surface area (Å²) in [4.78, 5) is 119. The standard InChI is InChI=1S/2C32H28Cl4FN7O2.C32H28Cl3F2N7O2/c2*1-6-20(45)43-10-9-42(13-16(43)5)30-17-11-19(33)28(21-22(34)23(35)24(36)25(37)26(21)39)41-31(17)44(32(46)18(30)12-38)29-15(4)7-8-40-27(29)14(2)3;1-6-20(45)43-10-9-42(13-16(43)5)30-17-11-19(33)28(21-22(34)24(36)23(35)25(37)26(21)39)41-31(17)44(32(46)18(30)12-38)29-15(4)7-8-40-27(29)14(2)3/h3*6-8,11,14,16H,1,9-10,13,39H2,2-5H3/t3*16-/m111/s1. The number of benzene rings is 3. The number of hydrogen-bond acceptors (Lipinski definition) is 21. The fourth-order valence-corrected chi connectivity index (χ4v) is 20.2. The van der Waals surface area contributed by atoms with Crippen LogP contribution in [-0.2, 0) is 14.4 Å². The minimum atomic E-state index is -1.26. The van der Waals surface area contributed by atoms with Crippen molar-refractivity contribution < 1.29 is 31.9 Å². The van der Waals surface area contributed by atoms with Crippen LogP contribution in [0.15, 0.2) is 107 Å². The van der Waals surface area contributed by atoms with Crippen molar-refractivity contribution in [2.24, 2.45) is 0 Å². The smallest absolute Gasteiger partial charge is 0.276 e. The number of carbonyl (C=O) groups excluding carboxylic acids is 3. The highest BCUT2D eigenvalue weighted by Gasteiger charge is 2.40. The van der Waals surface area contributed by atoms with Gasteiger partial charge in [0, 0.05) is 128 Å². The van der Waals surface area contributed by atoms with E-state index in [-0.39, 0.29) is 181 Å². The van der Waals surface area contributed by atoms with Crippen molar-refractivity contribution >= 4 is 213 Å². The molecule has 0 bridgehead atoms. The van der Waals surface area contributed by atoms with E-state index in [9.17, 15) is 53.3 Å². The molecule has 3 aromatic carbocycles. The molecule has 0 radical (unpaired) electrons. The number of nitriles is 3. The Bertz CT molecular complexity index is 6780. The number of fused-ring (bicyclic) bond motifs is 3. The molecule has 42 heteroatoms. The van der Waals surface area contributed by atoms with Gasteiger partial charge < -0.3 is 46.6 Å². The number of nitrogens with two attached hydrogens (primary N) is 3. The third kappa shape index (κ3) is 18.2. The Balaban J connectivity index is 0.000000175. The number of piperazine rings is 3. The summed E-state index contributed by atoms with van der Waals surface area (Å²) in [5.41, 5.74) is 19.6. The van der Waals surface area contributed by atoms with Gasteiger partial charge in [-0.1, -0.05) is 189 Å². The molecule has 3 fully saturated rings. The summed E-state index contributed by atoms with van der Waals surface area (Å²) in [6.07, 6.45) is 8.63. The maximum atomic E-state index is 15.1. The van der Waals surface area contributed by atoms with Crippen molar-refractivity contribution in [3.05, 3.63) is 253 Å². The molecule has 0 unspecified atom stereocenters. The van der Waals surface area contributed by atoms with Gasteiger partial charge in [0.05, 0.1) is 136 Å². The number of nitrogens with zero attached hydrogens (tertiary/aromatic N) is 18. The number of hydrogen-bond donors (Lipinski definition) is 3. The molecule has 3 amide bonds. The average Bonchev–Trinajstić information content (AvgIpc) is 0.726. The first kappa shape index (κ1) is 103. The molecule has 27 nitrogen and oxygen atoms in total. The molecule has 12 aromatic rings. The van der Waals surface area contributed by atoms with Gasteiger partial charge in [-0.2, -0.15) is 15.8 Å². The molecule has 3 aliphatic heterocycles. The third-order valence-corrected chi connectivity index (χ3v) is 28.3. The van der Waals surface area contributed by atoms with Crippen molar-refractivity contribution in [2.75, 3.05) is 90.8 Å². The zero-order valence-electron chi connectivity index (χ0n) is 75.8. The first-order valence-electron chi connectivity index (χ1n) is 42.6. The molecule has 0 spiro atoms. The maximum absolute atomic E-state index is 15.1. The summed E-state index contributed by atoms with van der Waals surface area (Å²) in [7, 11) is 0. The summed E-state index contributed by atoms with van der Waals surface area (Å²) < 4.78 is 64.1. The molecule has 12 heterocycles. The van der Waals surface area contributed by atoms with Crippen LogP contribution >= 0.6 is 128 Å². The number of amides is 3. The summed E-state index contributed by atoms with van der Waals surface area (Å²) in [5.74, 6) is -5.62. The molecular formula is C96H84Cl11F4N21O6. The number of rotatable bonds is 15. The predicted octanol–water partition coefficient (Wildman–Crippen LogP) is 21.4. The maximum Gasteiger partial charge on any atom is 0.276 e. The molecule has 15 rings (SSSR count). The molecule has 138 heavy (non-hydrogen) atoms. The molecule has 3 saturated heterocycles. The summed E-state index contributed by atoms with van der Waals surface area (Å²) >= 11 is 70.2. The zero-order valence-corrected chi connectivity index (χ0v) is 84.1. The Morgan fingerprint density at radius 2 is 0.652 bits per heavy atom. The van der Waals surface area contributed by atoms with Crippen molar-refractivity contribution in [1.82, 2.24) is 58.3 Å². The van der Waals surface area contributed by atoms with Crippen molar-refractivity contribution in [1.29, 1.82) is 15.8 Å². The highest BCUT2D eigenvalue weighted by atomic mass is 35.5. The van der Waals surface area contributed by atoms with Gasteiger partial charge in [0.25, 0.3) is 16.7 Å². The molecule has 3 aliphatic rings. The van der Waals surface area contributed by atoms with Gasteiger partial charge in [0.1, 0.15) is 56.9 Å². The van der Waals surface area contributed by atoms with Crippen molar-refractivity contribution in [2.45, 2.75) is 119 Å². The van der Waals surface area contributed by atoms with Crippen LogP contribution in [0.3, 0.4) is 0 Å². The van der Waals surface area contributed by atoms with E-state index in [1.54, 1.807) is 58.4 Å². The lowest BCUT2D eigenvalue weighted by Gasteiger charge is -2.41. The van der Waals surface area contributed by atoms with E-state index in [1.165, 1.54) is 50.1 Å². The lowest BCUT2D eigenvalue weighted by molar-refractivity contribution is -0.129. The second-order valence-electron chi connectivity index (χ2n) is 33.8. The number of nitrogen functional groups attached to an aromatic ring is 3. The molecule has 9 aromatic heterocycles. The van der Waals surface area contributed by atoms with E-state index in [1.807, 2.05) is 90.9 Å². The van der Waals surface area contributed by atoms with Crippen LogP contribution < -0.4 is 48.6 Å². The predicted molar refractivity (Wildman–Crippen MR) is 541 cm³/mol. The minimum Gasteiger partial charge on any atom is -0.396 e. The normalized spacial score (nSPS) is 15.0. The minimum absolute atomic E-state index is 0.00487. The van der Waals surface area contributed by atoms with E-state index in [0.717, 1.165) is 0 Å². The van der Waals surface area contributed by atoms with Gasteiger partial charge in [-0.25, -0.2) is 32.5 Å². The molecule has 3 atom stereocenters. The summed E-state index contributed by atoms with van der Waals surface area (Å²) in [6.45, 7) is 35.9. The highest BCUT2D eigenvalue weighted by molar-refractivity contribution is 6.51. The van der Waals surface area contributed by atoms with Gasteiger partial charge in [0.2, 0.25) is 17.7 Å². The number of aryl methyl sites for hydroxylation is 3. The van der Waals surface area contributed by atoms with Crippen LogP contribution in [0.25, 0.3) is 83.9 Å². The monoisotopic (exact) mass is 2090 g/mol. The zero-order chi connectivity index (χ0) is 101. The van der Waals surface area contributed by atoms with Gasteiger partial charge in [-0.3, -0.25) is 57.4 Å². The largest absolute Gasteiger partial charge is 0.396 e. The fourth-order valence-electron chi connectivity index (χ4n) is 17.6. The van der Waals surface area contributed by atoms with Crippen LogP contribution in [0.1, 0.15) is 131 Å². The van der Waals surface area contributed by atoms with Gasteiger partial charge in [-0.05, 0) is 131 Å². The molecule has 0 saturated carbocycles. The van der Waals surface area contributed by atoms with Crippen LogP contribution in [0.4, 0.5) is 51.7 Å². The lowest BCUT2D eigenvalue weighted by atomic mass is 10.0. The quantitative estimate of drug-likeness (QED) is 0.0282. The molecule has 0 aliphatic carbocycles. The van der Waals surface area contributed by atoms with Gasteiger partial charge in [-0.15, -0.1) is 0 Å². The second kappa shape index (κ2) is 41.2. The molecule has 6 N–H and O–H groups in total. The lowest BCUT2D eigenvalue weighted by Crippen LogP contribution is -2.54. The van der Waals surface area contributed by atoms with Crippen LogP contribution in [0.2, 0.25) is 55.2 Å². The van der Waals surface area contributed by atoms with E-state index in [0.29, 0.717) is 118 Å². The van der Waals surface area contributed by atoms with E-state index in [2.05, 4.69) is 52.9 Å². The topological polar surface area (TPSA) is 363 Å². The Hall–Kier alpha value is -12.0. The van der Waals surface area contributed by atoms with Crippen molar-refractivity contribution in [3.8, 4) is 69.0 Å².